The Kier molecular flexibility index (Phi) is 5.01. The van der Waals surface area contributed by atoms with E-state index in [1.165, 1.54) is 6.42 Å². The average molecular weight is 255 g/mol. The molecular weight excluding hydrogens is 230 g/mol. The molecule has 2 aliphatic rings. The van der Waals surface area contributed by atoms with Crippen LogP contribution in [-0.4, -0.2) is 48.3 Å². The molecule has 0 aromatic rings. The minimum atomic E-state index is -0.624. The van der Waals surface area contributed by atoms with Gasteiger partial charge in [0.25, 0.3) is 0 Å². The van der Waals surface area contributed by atoms with Crippen molar-refractivity contribution in [3.8, 4) is 0 Å². The van der Waals surface area contributed by atoms with Gasteiger partial charge in [0.2, 0.25) is 0 Å². The van der Waals surface area contributed by atoms with Gasteiger partial charge in [0.1, 0.15) is 0 Å². The third kappa shape index (κ3) is 3.45. The van der Waals surface area contributed by atoms with Gasteiger partial charge in [-0.25, -0.2) is 0 Å². The molecule has 0 radical (unpaired) electrons. The first kappa shape index (κ1) is 13.8. The molecule has 1 saturated carbocycles. The molecule has 3 atom stereocenters. The summed E-state index contributed by atoms with van der Waals surface area (Å²) in [5, 5.41) is 9.39. The molecule has 0 aromatic heterocycles. The number of rotatable bonds is 4. The molecule has 104 valence electrons. The summed E-state index contributed by atoms with van der Waals surface area (Å²) < 4.78 is 5.65. The predicted octanol–water partition coefficient (Wildman–Crippen LogP) is 2.13. The van der Waals surface area contributed by atoms with Gasteiger partial charge in [-0.2, -0.15) is 0 Å². The van der Waals surface area contributed by atoms with Crippen molar-refractivity contribution < 1.29 is 14.6 Å². The summed E-state index contributed by atoms with van der Waals surface area (Å²) in [7, 11) is 2.06. The van der Waals surface area contributed by atoms with Crippen molar-refractivity contribution in [1.29, 1.82) is 0 Å². The average Bonchev–Trinajstić information content (AvgIpc) is 2.70. The van der Waals surface area contributed by atoms with E-state index in [-0.39, 0.29) is 12.0 Å². The Bertz CT molecular complexity index is 276. The van der Waals surface area contributed by atoms with Gasteiger partial charge in [-0.3, -0.25) is 9.69 Å². The summed E-state index contributed by atoms with van der Waals surface area (Å²) in [5.41, 5.74) is 0. The topological polar surface area (TPSA) is 49.8 Å². The number of carboxylic acids is 1. The van der Waals surface area contributed by atoms with E-state index in [0.29, 0.717) is 6.10 Å². The smallest absolute Gasteiger partial charge is 0.308 e. The Hall–Kier alpha value is -0.610. The fraction of sp³-hybridized carbons (Fsp3) is 0.929. The number of hydrogen-bond acceptors (Lipinski definition) is 3. The monoisotopic (exact) mass is 255 g/mol. The van der Waals surface area contributed by atoms with Crippen molar-refractivity contribution in [1.82, 2.24) is 4.90 Å². The zero-order valence-electron chi connectivity index (χ0n) is 11.3. The summed E-state index contributed by atoms with van der Waals surface area (Å²) in [6, 6.07) is 0.189. The van der Waals surface area contributed by atoms with Crippen LogP contribution in [0.25, 0.3) is 0 Å². The fourth-order valence-corrected chi connectivity index (χ4v) is 3.35. The summed E-state index contributed by atoms with van der Waals surface area (Å²) >= 11 is 0. The molecule has 1 heterocycles. The molecule has 4 nitrogen and oxygen atoms in total. The van der Waals surface area contributed by atoms with Crippen molar-refractivity contribution >= 4 is 5.97 Å². The number of carbonyl (C=O) groups is 1. The van der Waals surface area contributed by atoms with Crippen LogP contribution in [0.2, 0.25) is 0 Å². The van der Waals surface area contributed by atoms with E-state index in [1.807, 2.05) is 0 Å². The van der Waals surface area contributed by atoms with Gasteiger partial charge in [0, 0.05) is 19.2 Å². The van der Waals surface area contributed by atoms with Crippen molar-refractivity contribution in [3.05, 3.63) is 0 Å². The molecule has 1 aliphatic carbocycles. The van der Waals surface area contributed by atoms with E-state index < -0.39 is 5.97 Å². The highest BCUT2D eigenvalue weighted by Gasteiger charge is 2.33. The summed E-state index contributed by atoms with van der Waals surface area (Å²) in [4.78, 5) is 13.6. The van der Waals surface area contributed by atoms with Crippen molar-refractivity contribution in [2.24, 2.45) is 5.92 Å². The zero-order valence-corrected chi connectivity index (χ0v) is 11.3. The molecule has 0 spiro atoms. The first-order valence-electron chi connectivity index (χ1n) is 7.23. The van der Waals surface area contributed by atoms with Crippen LogP contribution < -0.4 is 0 Å². The molecule has 3 unspecified atom stereocenters. The highest BCUT2D eigenvalue weighted by atomic mass is 16.5. The highest BCUT2D eigenvalue weighted by molar-refractivity contribution is 5.70. The Morgan fingerprint density at radius 2 is 2.00 bits per heavy atom. The third-order valence-electron chi connectivity index (χ3n) is 4.38. The maximum atomic E-state index is 11.4. The van der Waals surface area contributed by atoms with Gasteiger partial charge in [-0.15, -0.1) is 0 Å². The van der Waals surface area contributed by atoms with Crippen LogP contribution in [0.15, 0.2) is 0 Å². The SMILES string of the molecule is CN(CC1CCCO1)C1CCCCCC1C(=O)O. The number of ether oxygens (including phenoxy) is 1. The van der Waals surface area contributed by atoms with Crippen LogP contribution >= 0.6 is 0 Å². The lowest BCUT2D eigenvalue weighted by molar-refractivity contribution is -0.144. The molecule has 0 bridgehead atoms. The second-order valence-corrected chi connectivity index (χ2v) is 5.72. The van der Waals surface area contributed by atoms with E-state index in [9.17, 15) is 9.90 Å². The first-order valence-corrected chi connectivity index (χ1v) is 7.23. The normalized spacial score (nSPS) is 33.6. The van der Waals surface area contributed by atoms with Gasteiger partial charge in [-0.05, 0) is 32.7 Å². The zero-order chi connectivity index (χ0) is 13.0. The molecule has 1 aliphatic heterocycles. The summed E-state index contributed by atoms with van der Waals surface area (Å²) in [6.45, 7) is 1.75. The van der Waals surface area contributed by atoms with Crippen molar-refractivity contribution in [2.45, 2.75) is 57.1 Å². The molecule has 0 aromatic carbocycles. The maximum Gasteiger partial charge on any atom is 0.308 e. The van der Waals surface area contributed by atoms with Gasteiger partial charge in [-0.1, -0.05) is 19.3 Å². The van der Waals surface area contributed by atoms with Gasteiger partial charge >= 0.3 is 5.97 Å². The predicted molar refractivity (Wildman–Crippen MR) is 69.6 cm³/mol. The molecule has 18 heavy (non-hydrogen) atoms. The van der Waals surface area contributed by atoms with E-state index in [4.69, 9.17) is 4.74 Å². The van der Waals surface area contributed by atoms with Gasteiger partial charge < -0.3 is 9.84 Å². The molecule has 2 fully saturated rings. The molecule has 0 amide bonds. The van der Waals surface area contributed by atoms with E-state index in [1.54, 1.807) is 0 Å². The minimum absolute atomic E-state index is 0.189. The minimum Gasteiger partial charge on any atom is -0.481 e. The number of likely N-dealkylation sites (N-methyl/N-ethyl adjacent to an activating group) is 1. The lowest BCUT2D eigenvalue weighted by atomic mass is 9.93. The van der Waals surface area contributed by atoms with Crippen molar-refractivity contribution in [3.63, 3.8) is 0 Å². The lowest BCUT2D eigenvalue weighted by Gasteiger charge is -2.32. The second-order valence-electron chi connectivity index (χ2n) is 5.72. The number of hydrogen-bond donors (Lipinski definition) is 1. The van der Waals surface area contributed by atoms with Crippen LogP contribution in [0.3, 0.4) is 0 Å². The van der Waals surface area contributed by atoms with Crippen LogP contribution in [0.5, 0.6) is 0 Å². The standard InChI is InChI=1S/C14H25NO3/c1-15(10-11-6-5-9-18-11)13-8-4-2-3-7-12(13)14(16)17/h11-13H,2-10H2,1H3,(H,16,17). The van der Waals surface area contributed by atoms with Crippen molar-refractivity contribution in [2.75, 3.05) is 20.2 Å². The Labute approximate surface area is 109 Å². The Morgan fingerprint density at radius 3 is 2.67 bits per heavy atom. The van der Waals surface area contributed by atoms with Crippen LogP contribution in [0, 0.1) is 5.92 Å². The van der Waals surface area contributed by atoms with E-state index in [0.717, 1.165) is 51.7 Å². The molecule has 2 rings (SSSR count). The fourth-order valence-electron chi connectivity index (χ4n) is 3.35. The third-order valence-corrected chi connectivity index (χ3v) is 4.38. The lowest BCUT2D eigenvalue weighted by Crippen LogP contribution is -2.44. The summed E-state index contributed by atoms with van der Waals surface area (Å²) in [6.07, 6.45) is 7.81. The van der Waals surface area contributed by atoms with E-state index in [2.05, 4.69) is 11.9 Å². The second kappa shape index (κ2) is 6.53. The van der Waals surface area contributed by atoms with Crippen LogP contribution in [0.4, 0.5) is 0 Å². The summed E-state index contributed by atoms with van der Waals surface area (Å²) in [5.74, 6) is -0.819. The van der Waals surface area contributed by atoms with Gasteiger partial charge in [0.05, 0.1) is 12.0 Å². The number of carboxylic acid groups (broad SMARTS) is 1. The van der Waals surface area contributed by atoms with Crippen LogP contribution in [-0.2, 0) is 9.53 Å². The van der Waals surface area contributed by atoms with Gasteiger partial charge in [0.15, 0.2) is 0 Å². The number of nitrogens with zero attached hydrogens (tertiary/aromatic N) is 1. The van der Waals surface area contributed by atoms with Crippen LogP contribution in [0.1, 0.15) is 44.9 Å². The Morgan fingerprint density at radius 1 is 1.22 bits per heavy atom. The highest BCUT2D eigenvalue weighted by Crippen LogP contribution is 2.28. The Balaban J connectivity index is 1.94. The molecule has 1 N–H and O–H groups in total. The molecule has 4 heteroatoms. The maximum absolute atomic E-state index is 11.4. The van der Waals surface area contributed by atoms with E-state index >= 15 is 0 Å². The quantitative estimate of drug-likeness (QED) is 0.782. The number of aliphatic carboxylic acids is 1. The largest absolute Gasteiger partial charge is 0.481 e. The molecule has 1 saturated heterocycles. The molecular formula is C14H25NO3. The first-order chi connectivity index (χ1) is 8.68.